The van der Waals surface area contributed by atoms with Gasteiger partial charge in [0, 0.05) is 13.5 Å². The van der Waals surface area contributed by atoms with E-state index in [-0.39, 0.29) is 11.9 Å². The van der Waals surface area contributed by atoms with Gasteiger partial charge in [0.1, 0.15) is 5.75 Å². The van der Waals surface area contributed by atoms with E-state index in [0.717, 1.165) is 29.7 Å². The monoisotopic (exact) mass is 246 g/mol. The Morgan fingerprint density at radius 2 is 2.17 bits per heavy atom. The van der Waals surface area contributed by atoms with Gasteiger partial charge < -0.3 is 9.47 Å². The minimum Gasteiger partial charge on any atom is -0.497 e. The van der Waals surface area contributed by atoms with Crippen molar-refractivity contribution in [3.8, 4) is 5.75 Å². The summed E-state index contributed by atoms with van der Waals surface area (Å²) in [4.78, 5) is 11.9. The largest absolute Gasteiger partial charge is 0.497 e. The Morgan fingerprint density at radius 1 is 1.33 bits per heavy atom. The summed E-state index contributed by atoms with van der Waals surface area (Å²) in [5.41, 5.74) is 1.89. The predicted molar refractivity (Wildman–Crippen MR) is 70.6 cm³/mol. The van der Waals surface area contributed by atoms with Crippen LogP contribution in [0.1, 0.15) is 24.8 Å². The molecule has 1 unspecified atom stereocenters. The van der Waals surface area contributed by atoms with Crippen molar-refractivity contribution in [1.82, 2.24) is 0 Å². The first kappa shape index (κ1) is 12.8. The average Bonchev–Trinajstić information content (AvgIpc) is 2.41. The van der Waals surface area contributed by atoms with E-state index in [4.69, 9.17) is 9.47 Å². The second-order valence-corrected chi connectivity index (χ2v) is 4.47. The molecular formula is C15H18O3. The molecule has 0 heterocycles. The summed E-state index contributed by atoms with van der Waals surface area (Å²) in [7, 11) is 3.30. The van der Waals surface area contributed by atoms with Crippen molar-refractivity contribution in [2.45, 2.75) is 25.4 Å². The van der Waals surface area contributed by atoms with Gasteiger partial charge in [0.05, 0.1) is 13.2 Å². The zero-order chi connectivity index (χ0) is 13.0. The standard InChI is InChI=1S/C15H18O3/c1-17-13-5-3-4-11(9-13)8-12-6-7-14(18-2)10-15(12)16/h3-5,8-9,14H,6-7,10H2,1-2H3/b12-8-. The van der Waals surface area contributed by atoms with Crippen LogP contribution in [-0.4, -0.2) is 26.1 Å². The first-order valence-corrected chi connectivity index (χ1v) is 6.13. The first-order valence-electron chi connectivity index (χ1n) is 6.13. The number of ketones is 1. The van der Waals surface area contributed by atoms with Crippen molar-refractivity contribution in [2.24, 2.45) is 0 Å². The fourth-order valence-corrected chi connectivity index (χ4v) is 2.18. The third-order valence-electron chi connectivity index (χ3n) is 3.27. The molecule has 1 fully saturated rings. The highest BCUT2D eigenvalue weighted by Crippen LogP contribution is 2.25. The molecule has 1 atom stereocenters. The van der Waals surface area contributed by atoms with E-state index >= 15 is 0 Å². The van der Waals surface area contributed by atoms with E-state index in [1.165, 1.54) is 0 Å². The van der Waals surface area contributed by atoms with E-state index in [1.54, 1.807) is 14.2 Å². The van der Waals surface area contributed by atoms with Crippen LogP contribution < -0.4 is 4.74 Å². The number of allylic oxidation sites excluding steroid dienone is 1. The molecule has 3 nitrogen and oxygen atoms in total. The van der Waals surface area contributed by atoms with Crippen LogP contribution in [0.3, 0.4) is 0 Å². The maximum absolute atomic E-state index is 11.9. The number of hydrogen-bond acceptors (Lipinski definition) is 3. The van der Waals surface area contributed by atoms with Crippen LogP contribution in [-0.2, 0) is 9.53 Å². The summed E-state index contributed by atoms with van der Waals surface area (Å²) >= 11 is 0. The smallest absolute Gasteiger partial charge is 0.161 e. The van der Waals surface area contributed by atoms with Crippen molar-refractivity contribution >= 4 is 11.9 Å². The number of hydrogen-bond donors (Lipinski definition) is 0. The fraction of sp³-hybridized carbons (Fsp3) is 0.400. The molecule has 0 amide bonds. The third-order valence-corrected chi connectivity index (χ3v) is 3.27. The number of methoxy groups -OCH3 is 2. The zero-order valence-corrected chi connectivity index (χ0v) is 10.8. The Hall–Kier alpha value is -1.61. The molecule has 1 aliphatic carbocycles. The Kier molecular flexibility index (Phi) is 4.15. The van der Waals surface area contributed by atoms with Gasteiger partial charge in [-0.2, -0.15) is 0 Å². The van der Waals surface area contributed by atoms with E-state index < -0.39 is 0 Å². The number of carbonyl (C=O) groups is 1. The van der Waals surface area contributed by atoms with Gasteiger partial charge in [0.15, 0.2) is 5.78 Å². The molecule has 1 saturated carbocycles. The topological polar surface area (TPSA) is 35.5 Å². The molecule has 0 radical (unpaired) electrons. The van der Waals surface area contributed by atoms with Crippen molar-refractivity contribution < 1.29 is 14.3 Å². The minimum atomic E-state index is 0.0833. The maximum atomic E-state index is 11.9. The molecule has 0 saturated heterocycles. The Balaban J connectivity index is 2.15. The molecule has 1 aliphatic rings. The highest BCUT2D eigenvalue weighted by molar-refractivity contribution is 6.00. The molecule has 18 heavy (non-hydrogen) atoms. The van der Waals surface area contributed by atoms with Gasteiger partial charge in [-0.15, -0.1) is 0 Å². The molecular weight excluding hydrogens is 228 g/mol. The summed E-state index contributed by atoms with van der Waals surface area (Å²) in [5, 5.41) is 0. The lowest BCUT2D eigenvalue weighted by atomic mass is 9.90. The first-order chi connectivity index (χ1) is 8.72. The molecule has 2 rings (SSSR count). The summed E-state index contributed by atoms with van der Waals surface area (Å²) < 4.78 is 10.4. The van der Waals surface area contributed by atoms with Gasteiger partial charge in [0.2, 0.25) is 0 Å². The molecule has 0 spiro atoms. The molecule has 0 aromatic heterocycles. The summed E-state index contributed by atoms with van der Waals surface area (Å²) in [5.74, 6) is 0.998. The Labute approximate surface area is 107 Å². The van der Waals surface area contributed by atoms with Crippen LogP contribution in [0.5, 0.6) is 5.75 Å². The molecule has 3 heteroatoms. The van der Waals surface area contributed by atoms with Crippen LogP contribution in [0.2, 0.25) is 0 Å². The van der Waals surface area contributed by atoms with Crippen LogP contribution in [0.4, 0.5) is 0 Å². The summed E-state index contributed by atoms with van der Waals surface area (Å²) in [6, 6.07) is 7.73. The minimum absolute atomic E-state index is 0.0833. The molecule has 96 valence electrons. The normalized spacial score (nSPS) is 22.2. The van der Waals surface area contributed by atoms with E-state index in [0.29, 0.717) is 6.42 Å². The van der Waals surface area contributed by atoms with Gasteiger partial charge in [0.25, 0.3) is 0 Å². The van der Waals surface area contributed by atoms with Crippen LogP contribution in [0.15, 0.2) is 29.8 Å². The van der Waals surface area contributed by atoms with E-state index in [9.17, 15) is 4.79 Å². The van der Waals surface area contributed by atoms with Gasteiger partial charge in [-0.05, 0) is 42.2 Å². The number of benzene rings is 1. The van der Waals surface area contributed by atoms with Crippen molar-refractivity contribution in [3.05, 3.63) is 35.4 Å². The molecule has 0 N–H and O–H groups in total. The van der Waals surface area contributed by atoms with Crippen molar-refractivity contribution in [1.29, 1.82) is 0 Å². The summed E-state index contributed by atoms with van der Waals surface area (Å²) in [6.45, 7) is 0. The van der Waals surface area contributed by atoms with E-state index in [1.807, 2.05) is 30.3 Å². The van der Waals surface area contributed by atoms with Crippen molar-refractivity contribution in [3.63, 3.8) is 0 Å². The van der Waals surface area contributed by atoms with E-state index in [2.05, 4.69) is 0 Å². The maximum Gasteiger partial charge on any atom is 0.161 e. The number of ether oxygens (including phenoxy) is 2. The van der Waals surface area contributed by atoms with Crippen LogP contribution in [0, 0.1) is 0 Å². The van der Waals surface area contributed by atoms with Crippen LogP contribution >= 0.6 is 0 Å². The Bertz CT molecular complexity index is 463. The number of carbonyl (C=O) groups excluding carboxylic acids is 1. The average molecular weight is 246 g/mol. The lowest BCUT2D eigenvalue weighted by Gasteiger charge is -2.21. The molecule has 0 bridgehead atoms. The van der Waals surface area contributed by atoms with Gasteiger partial charge >= 0.3 is 0 Å². The van der Waals surface area contributed by atoms with Gasteiger partial charge in [-0.25, -0.2) is 0 Å². The quantitative estimate of drug-likeness (QED) is 0.769. The van der Waals surface area contributed by atoms with Gasteiger partial charge in [-0.1, -0.05) is 12.1 Å². The molecule has 0 aliphatic heterocycles. The van der Waals surface area contributed by atoms with Crippen LogP contribution in [0.25, 0.3) is 6.08 Å². The zero-order valence-electron chi connectivity index (χ0n) is 10.8. The second kappa shape index (κ2) is 5.83. The number of rotatable bonds is 3. The molecule has 1 aromatic carbocycles. The number of Topliss-reactive ketones (excluding diaryl/α,β-unsaturated/α-hetero) is 1. The lowest BCUT2D eigenvalue weighted by molar-refractivity contribution is -0.119. The molecule has 1 aromatic rings. The second-order valence-electron chi connectivity index (χ2n) is 4.47. The summed E-state index contributed by atoms with van der Waals surface area (Å²) in [6.07, 6.45) is 4.23. The lowest BCUT2D eigenvalue weighted by Crippen LogP contribution is -2.23. The third kappa shape index (κ3) is 2.99. The fourth-order valence-electron chi connectivity index (χ4n) is 2.18. The Morgan fingerprint density at radius 3 is 2.83 bits per heavy atom. The highest BCUT2D eigenvalue weighted by atomic mass is 16.5. The predicted octanol–water partition coefficient (Wildman–Crippen LogP) is 2.85. The SMILES string of the molecule is COc1cccc(/C=C2/CCC(OC)CC2=O)c1. The van der Waals surface area contributed by atoms with Gasteiger partial charge in [-0.3, -0.25) is 4.79 Å². The highest BCUT2D eigenvalue weighted by Gasteiger charge is 2.23. The van der Waals surface area contributed by atoms with Crippen molar-refractivity contribution in [2.75, 3.05) is 14.2 Å².